The number of rotatable bonds is 6. The van der Waals surface area contributed by atoms with Gasteiger partial charge in [0, 0.05) is 12.5 Å². The van der Waals surface area contributed by atoms with Gasteiger partial charge in [-0.2, -0.15) is 0 Å². The summed E-state index contributed by atoms with van der Waals surface area (Å²) < 4.78 is 5.17. The Kier molecular flexibility index (Phi) is 4.88. The zero-order chi connectivity index (χ0) is 15.5. The smallest absolute Gasteiger partial charge is 0.224 e. The molecule has 1 atom stereocenters. The monoisotopic (exact) mass is 290 g/mol. The number of carbonyl (C=O) groups excluding carboxylic acids is 1. The van der Waals surface area contributed by atoms with E-state index >= 15 is 0 Å². The Morgan fingerprint density at radius 2 is 1.95 bits per heavy atom. The lowest BCUT2D eigenvalue weighted by molar-refractivity contribution is -0.127. The standard InChI is InChI=1S/C17H26N2O2/c1-13(12-19-10-5-11-19)16(20)18-17(2,3)14-6-8-15(21-4)9-7-14/h6-9,13H,5,10-12H2,1-4H3,(H,18,20)/t13-/m0/s1. The molecule has 1 aromatic rings. The molecule has 1 aromatic carbocycles. The highest BCUT2D eigenvalue weighted by atomic mass is 16.5. The van der Waals surface area contributed by atoms with Crippen LogP contribution in [0.2, 0.25) is 0 Å². The Balaban J connectivity index is 1.95. The molecule has 2 rings (SSSR count). The highest BCUT2D eigenvalue weighted by Crippen LogP contribution is 2.23. The number of ether oxygens (including phenoxy) is 1. The van der Waals surface area contributed by atoms with Crippen LogP contribution in [0.1, 0.15) is 32.8 Å². The van der Waals surface area contributed by atoms with Gasteiger partial charge in [0.15, 0.2) is 0 Å². The average Bonchev–Trinajstić information content (AvgIpc) is 2.42. The molecular weight excluding hydrogens is 264 g/mol. The van der Waals surface area contributed by atoms with E-state index in [1.54, 1.807) is 7.11 Å². The van der Waals surface area contributed by atoms with Crippen LogP contribution in [0.5, 0.6) is 5.75 Å². The molecule has 1 heterocycles. The fraction of sp³-hybridized carbons (Fsp3) is 0.588. The van der Waals surface area contributed by atoms with E-state index in [4.69, 9.17) is 4.74 Å². The minimum Gasteiger partial charge on any atom is -0.497 e. The van der Waals surface area contributed by atoms with Crippen molar-refractivity contribution >= 4 is 5.91 Å². The third-order valence-electron chi connectivity index (χ3n) is 4.18. The Hall–Kier alpha value is -1.55. The molecule has 1 aliphatic heterocycles. The summed E-state index contributed by atoms with van der Waals surface area (Å²) in [6.07, 6.45) is 1.26. The molecule has 116 valence electrons. The topological polar surface area (TPSA) is 41.6 Å². The molecule has 0 radical (unpaired) electrons. The molecule has 4 heteroatoms. The second kappa shape index (κ2) is 6.48. The molecule has 1 amide bonds. The van der Waals surface area contributed by atoms with Gasteiger partial charge in [-0.25, -0.2) is 0 Å². The Bertz CT molecular complexity index is 478. The summed E-state index contributed by atoms with van der Waals surface area (Å²) in [4.78, 5) is 14.7. The van der Waals surface area contributed by atoms with Crippen LogP contribution in [-0.4, -0.2) is 37.6 Å². The van der Waals surface area contributed by atoms with Crippen LogP contribution in [0, 0.1) is 5.92 Å². The zero-order valence-electron chi connectivity index (χ0n) is 13.5. The molecular formula is C17H26N2O2. The minimum atomic E-state index is -0.382. The summed E-state index contributed by atoms with van der Waals surface area (Å²) in [7, 11) is 1.65. The Morgan fingerprint density at radius 3 is 2.43 bits per heavy atom. The lowest BCUT2D eigenvalue weighted by Crippen LogP contribution is -2.48. The first-order valence-electron chi connectivity index (χ1n) is 7.61. The van der Waals surface area contributed by atoms with Gasteiger partial charge in [-0.15, -0.1) is 0 Å². The molecule has 0 unspecified atom stereocenters. The van der Waals surface area contributed by atoms with Crippen molar-refractivity contribution in [2.45, 2.75) is 32.7 Å². The largest absolute Gasteiger partial charge is 0.497 e. The van der Waals surface area contributed by atoms with E-state index in [1.165, 1.54) is 6.42 Å². The SMILES string of the molecule is COc1ccc(C(C)(C)NC(=O)[C@@H](C)CN2CCC2)cc1. The normalized spacial score (nSPS) is 17.0. The van der Waals surface area contributed by atoms with Crippen molar-refractivity contribution in [3.05, 3.63) is 29.8 Å². The molecule has 0 saturated carbocycles. The molecule has 0 aliphatic carbocycles. The fourth-order valence-electron chi connectivity index (χ4n) is 2.55. The molecule has 1 saturated heterocycles. The number of hydrogen-bond donors (Lipinski definition) is 1. The summed E-state index contributed by atoms with van der Waals surface area (Å²) in [6.45, 7) is 9.16. The quantitative estimate of drug-likeness (QED) is 0.874. The van der Waals surface area contributed by atoms with Crippen molar-refractivity contribution < 1.29 is 9.53 Å². The number of nitrogens with zero attached hydrogens (tertiary/aromatic N) is 1. The number of amides is 1. The molecule has 0 spiro atoms. The van der Waals surface area contributed by atoms with E-state index in [2.05, 4.69) is 10.2 Å². The maximum Gasteiger partial charge on any atom is 0.224 e. The summed E-state index contributed by atoms with van der Waals surface area (Å²) >= 11 is 0. The van der Waals surface area contributed by atoms with E-state index in [0.29, 0.717) is 0 Å². The number of benzene rings is 1. The molecule has 0 aromatic heterocycles. The van der Waals surface area contributed by atoms with E-state index in [1.807, 2.05) is 45.0 Å². The second-order valence-electron chi connectivity index (χ2n) is 6.40. The first kappa shape index (κ1) is 15.8. The number of hydrogen-bond acceptors (Lipinski definition) is 3. The van der Waals surface area contributed by atoms with Crippen LogP contribution in [0.15, 0.2) is 24.3 Å². The number of likely N-dealkylation sites (tertiary alicyclic amines) is 1. The van der Waals surface area contributed by atoms with Crippen LogP contribution in [0.4, 0.5) is 0 Å². The number of nitrogens with one attached hydrogen (secondary N) is 1. The van der Waals surface area contributed by atoms with Crippen LogP contribution < -0.4 is 10.1 Å². The molecule has 1 N–H and O–H groups in total. The van der Waals surface area contributed by atoms with Gasteiger partial charge in [0.25, 0.3) is 0 Å². The highest BCUT2D eigenvalue weighted by molar-refractivity contribution is 5.79. The van der Waals surface area contributed by atoms with Crippen LogP contribution in [0.25, 0.3) is 0 Å². The molecule has 1 aliphatic rings. The van der Waals surface area contributed by atoms with Gasteiger partial charge in [0.2, 0.25) is 5.91 Å². The maximum absolute atomic E-state index is 12.4. The maximum atomic E-state index is 12.4. The van der Waals surface area contributed by atoms with Gasteiger partial charge < -0.3 is 15.0 Å². The van der Waals surface area contributed by atoms with Crippen molar-refractivity contribution in [3.8, 4) is 5.75 Å². The summed E-state index contributed by atoms with van der Waals surface area (Å²) in [5.74, 6) is 0.956. The van der Waals surface area contributed by atoms with Crippen molar-refractivity contribution in [2.75, 3.05) is 26.7 Å². The minimum absolute atomic E-state index is 0.0165. The lowest BCUT2D eigenvalue weighted by Gasteiger charge is -2.34. The summed E-state index contributed by atoms with van der Waals surface area (Å²) in [5.41, 5.74) is 0.694. The van der Waals surface area contributed by atoms with E-state index < -0.39 is 0 Å². The van der Waals surface area contributed by atoms with Gasteiger partial charge in [0.1, 0.15) is 5.75 Å². The second-order valence-corrected chi connectivity index (χ2v) is 6.40. The summed E-state index contributed by atoms with van der Waals surface area (Å²) in [5, 5.41) is 3.16. The van der Waals surface area contributed by atoms with Gasteiger partial charge in [-0.05, 0) is 51.1 Å². The summed E-state index contributed by atoms with van der Waals surface area (Å²) in [6, 6.07) is 7.85. The molecule has 0 bridgehead atoms. The van der Waals surface area contributed by atoms with Crippen LogP contribution in [0.3, 0.4) is 0 Å². The van der Waals surface area contributed by atoms with Gasteiger partial charge in [-0.3, -0.25) is 4.79 Å². The van der Waals surface area contributed by atoms with Crippen molar-refractivity contribution in [2.24, 2.45) is 5.92 Å². The molecule has 4 nitrogen and oxygen atoms in total. The van der Waals surface area contributed by atoms with E-state index in [0.717, 1.165) is 30.9 Å². The third kappa shape index (κ3) is 3.97. The number of methoxy groups -OCH3 is 1. The first-order chi connectivity index (χ1) is 9.92. The number of carbonyl (C=O) groups is 1. The van der Waals surface area contributed by atoms with Gasteiger partial charge >= 0.3 is 0 Å². The Labute approximate surface area is 127 Å². The predicted octanol–water partition coefficient (Wildman–Crippen LogP) is 2.39. The average molecular weight is 290 g/mol. The first-order valence-corrected chi connectivity index (χ1v) is 7.61. The van der Waals surface area contributed by atoms with Gasteiger partial charge in [0.05, 0.1) is 12.6 Å². The van der Waals surface area contributed by atoms with Crippen molar-refractivity contribution in [3.63, 3.8) is 0 Å². The zero-order valence-corrected chi connectivity index (χ0v) is 13.5. The molecule has 1 fully saturated rings. The van der Waals surface area contributed by atoms with Gasteiger partial charge in [-0.1, -0.05) is 19.1 Å². The highest BCUT2D eigenvalue weighted by Gasteiger charge is 2.27. The van der Waals surface area contributed by atoms with Crippen LogP contribution >= 0.6 is 0 Å². The lowest BCUT2D eigenvalue weighted by atomic mass is 9.93. The Morgan fingerprint density at radius 1 is 1.33 bits per heavy atom. The fourth-order valence-corrected chi connectivity index (χ4v) is 2.55. The predicted molar refractivity (Wildman–Crippen MR) is 84.4 cm³/mol. The third-order valence-corrected chi connectivity index (χ3v) is 4.18. The van der Waals surface area contributed by atoms with E-state index in [9.17, 15) is 4.79 Å². The van der Waals surface area contributed by atoms with Crippen molar-refractivity contribution in [1.29, 1.82) is 0 Å². The van der Waals surface area contributed by atoms with Crippen molar-refractivity contribution in [1.82, 2.24) is 10.2 Å². The van der Waals surface area contributed by atoms with Crippen LogP contribution in [-0.2, 0) is 10.3 Å². The van der Waals surface area contributed by atoms with E-state index in [-0.39, 0.29) is 17.4 Å². The molecule has 21 heavy (non-hydrogen) atoms.